The van der Waals surface area contributed by atoms with Crippen LogP contribution in [-0.2, 0) is 19.1 Å². The van der Waals surface area contributed by atoms with E-state index in [1.165, 1.54) is 0 Å². The monoisotopic (exact) mass is 402 g/mol. The summed E-state index contributed by atoms with van der Waals surface area (Å²) in [5.74, 6) is -0.780. The molecule has 7 heteroatoms. The van der Waals surface area contributed by atoms with Gasteiger partial charge in [0.15, 0.2) is 0 Å². The zero-order valence-corrected chi connectivity index (χ0v) is 14.3. The maximum absolute atomic E-state index is 11.9. The van der Waals surface area contributed by atoms with Crippen molar-refractivity contribution in [3.63, 3.8) is 0 Å². The third-order valence-electron chi connectivity index (χ3n) is 2.49. The zero-order chi connectivity index (χ0) is 14.9. The molecule has 0 rings (SSSR count). The minimum absolute atomic E-state index is 0.142. The molecule has 112 valence electrons. The molecule has 0 saturated heterocycles. The third kappa shape index (κ3) is 6.72. The molecule has 0 amide bonds. The Balaban J connectivity index is 4.50. The molecule has 0 aliphatic rings. The average molecular weight is 404 g/mol. The van der Waals surface area contributed by atoms with Gasteiger partial charge in [-0.2, -0.15) is 0 Å². The Morgan fingerprint density at radius 3 is 2.26 bits per heavy atom. The lowest BCUT2D eigenvalue weighted by Gasteiger charge is -2.25. The van der Waals surface area contributed by atoms with Crippen LogP contribution in [0, 0.1) is 0 Å². The number of hydrogen-bond acceptors (Lipinski definition) is 5. The van der Waals surface area contributed by atoms with Crippen molar-refractivity contribution in [1.29, 1.82) is 0 Å². The van der Waals surface area contributed by atoms with Crippen LogP contribution in [0.4, 0.5) is 0 Å². The van der Waals surface area contributed by atoms with Gasteiger partial charge in [0.05, 0.1) is 13.2 Å². The molecule has 1 N–H and O–H groups in total. The Bertz CT molecular complexity index is 298. The minimum atomic E-state index is -0.962. The van der Waals surface area contributed by atoms with Gasteiger partial charge in [-0.3, -0.25) is 9.59 Å². The van der Waals surface area contributed by atoms with Crippen LogP contribution in [-0.4, -0.2) is 46.0 Å². The van der Waals surface area contributed by atoms with Gasteiger partial charge in [0.1, 0.15) is 9.15 Å². The van der Waals surface area contributed by atoms with Gasteiger partial charge in [-0.15, -0.1) is 0 Å². The second-order valence-electron chi connectivity index (χ2n) is 3.92. The molecule has 0 aliphatic heterocycles. The molecule has 0 aromatic heterocycles. The van der Waals surface area contributed by atoms with E-state index in [4.69, 9.17) is 14.6 Å². The highest BCUT2D eigenvalue weighted by Crippen LogP contribution is 2.31. The first-order valence-corrected chi connectivity index (χ1v) is 7.89. The van der Waals surface area contributed by atoms with E-state index in [1.54, 1.807) is 13.8 Å². The van der Waals surface area contributed by atoms with E-state index < -0.39 is 15.1 Å². The molecule has 0 fully saturated rings. The van der Waals surface area contributed by atoms with Crippen LogP contribution in [0.25, 0.3) is 0 Å². The largest absolute Gasteiger partial charge is 0.465 e. The number of rotatable bonds is 9. The van der Waals surface area contributed by atoms with Crippen molar-refractivity contribution in [3.05, 3.63) is 0 Å². The fourth-order valence-electron chi connectivity index (χ4n) is 1.47. The van der Waals surface area contributed by atoms with Crippen molar-refractivity contribution in [2.45, 2.75) is 42.3 Å². The Morgan fingerprint density at radius 1 is 1.21 bits per heavy atom. The molecule has 0 aromatic carbocycles. The smallest absolute Gasteiger partial charge is 0.322 e. The summed E-state index contributed by atoms with van der Waals surface area (Å²) in [5, 5.41) is 9.04. The minimum Gasteiger partial charge on any atom is -0.465 e. The molecule has 0 aromatic rings. The standard InChI is InChI=1S/C12H20Br2O5/c1-3-18-10(16)9(13)5-6-12(14,7-8-15)11(17)19-4-2/h9,15H,3-8H2,1-2H3/t9-,12+/m0/s1. The van der Waals surface area contributed by atoms with Gasteiger partial charge in [-0.25, -0.2) is 0 Å². The van der Waals surface area contributed by atoms with Gasteiger partial charge < -0.3 is 14.6 Å². The molecule has 0 spiro atoms. The second-order valence-corrected chi connectivity index (χ2v) is 6.54. The van der Waals surface area contributed by atoms with Crippen LogP contribution in [0.1, 0.15) is 33.1 Å². The van der Waals surface area contributed by atoms with Crippen molar-refractivity contribution in [2.24, 2.45) is 0 Å². The van der Waals surface area contributed by atoms with Gasteiger partial charge in [0.2, 0.25) is 0 Å². The van der Waals surface area contributed by atoms with Gasteiger partial charge in [0.25, 0.3) is 0 Å². The van der Waals surface area contributed by atoms with Gasteiger partial charge in [0, 0.05) is 6.61 Å². The van der Waals surface area contributed by atoms with Gasteiger partial charge in [-0.1, -0.05) is 31.9 Å². The summed E-state index contributed by atoms with van der Waals surface area (Å²) >= 11 is 6.55. The summed E-state index contributed by atoms with van der Waals surface area (Å²) in [5.41, 5.74) is 0. The van der Waals surface area contributed by atoms with Crippen LogP contribution >= 0.6 is 31.9 Å². The molecule has 0 bridgehead atoms. The highest BCUT2D eigenvalue weighted by Gasteiger charge is 2.37. The maximum Gasteiger partial charge on any atom is 0.322 e. The number of hydrogen-bond donors (Lipinski definition) is 1. The lowest BCUT2D eigenvalue weighted by atomic mass is 9.98. The van der Waals surface area contributed by atoms with E-state index in [0.29, 0.717) is 19.4 Å². The summed E-state index contributed by atoms with van der Waals surface area (Å²) < 4.78 is 8.88. The van der Waals surface area contributed by atoms with Crippen molar-refractivity contribution < 1.29 is 24.2 Å². The van der Waals surface area contributed by atoms with Crippen LogP contribution in [0.15, 0.2) is 0 Å². The molecule has 19 heavy (non-hydrogen) atoms. The van der Waals surface area contributed by atoms with Gasteiger partial charge in [-0.05, 0) is 33.1 Å². The molecule has 0 heterocycles. The number of carbonyl (C=O) groups excluding carboxylic acids is 2. The summed E-state index contributed by atoms with van der Waals surface area (Å²) in [6.07, 6.45) is 0.998. The average Bonchev–Trinajstić information content (AvgIpc) is 2.36. The van der Waals surface area contributed by atoms with E-state index in [1.807, 2.05) is 0 Å². The molecule has 0 saturated carbocycles. The number of halogens is 2. The van der Waals surface area contributed by atoms with Crippen molar-refractivity contribution in [1.82, 2.24) is 0 Å². The summed E-state index contributed by atoms with van der Waals surface area (Å²) in [7, 11) is 0. The SMILES string of the molecule is CCOC(=O)[C@@H](Br)CC[C@@](Br)(CCO)C(=O)OCC. The first-order valence-electron chi connectivity index (χ1n) is 6.19. The lowest BCUT2D eigenvalue weighted by molar-refractivity contribution is -0.147. The summed E-state index contributed by atoms with van der Waals surface area (Å²) in [4.78, 5) is 22.8. The fourth-order valence-corrected chi connectivity index (χ4v) is 2.35. The maximum atomic E-state index is 11.9. The van der Waals surface area contributed by atoms with E-state index >= 15 is 0 Å². The highest BCUT2D eigenvalue weighted by atomic mass is 79.9. The predicted octanol–water partition coefficient (Wildman–Crippen LogP) is 2.17. The molecule has 0 unspecified atom stereocenters. The number of carbonyl (C=O) groups is 2. The number of aliphatic hydroxyl groups excluding tert-OH is 1. The Labute approximate surface area is 130 Å². The zero-order valence-electron chi connectivity index (χ0n) is 11.2. The van der Waals surface area contributed by atoms with Crippen LogP contribution in [0.5, 0.6) is 0 Å². The van der Waals surface area contributed by atoms with E-state index in [9.17, 15) is 9.59 Å². The van der Waals surface area contributed by atoms with Gasteiger partial charge >= 0.3 is 11.9 Å². The lowest BCUT2D eigenvalue weighted by Crippen LogP contribution is -2.36. The van der Waals surface area contributed by atoms with Crippen LogP contribution < -0.4 is 0 Å². The Hall–Kier alpha value is -0.140. The summed E-state index contributed by atoms with van der Waals surface area (Å²) in [6, 6.07) is 0. The topological polar surface area (TPSA) is 72.8 Å². The first-order chi connectivity index (χ1) is 8.91. The van der Waals surface area contributed by atoms with Crippen LogP contribution in [0.3, 0.4) is 0 Å². The number of ether oxygens (including phenoxy) is 2. The van der Waals surface area contributed by atoms with E-state index in [0.717, 1.165) is 0 Å². The third-order valence-corrected chi connectivity index (χ3v) is 4.43. The number of alkyl halides is 2. The normalized spacial score (nSPS) is 15.4. The second kappa shape index (κ2) is 9.72. The fraction of sp³-hybridized carbons (Fsp3) is 0.833. The molecule has 0 radical (unpaired) electrons. The van der Waals surface area contributed by atoms with Crippen molar-refractivity contribution in [3.8, 4) is 0 Å². The first kappa shape index (κ1) is 18.9. The Kier molecular flexibility index (Phi) is 9.64. The molecular weight excluding hydrogens is 384 g/mol. The molecular formula is C12H20Br2O5. The summed E-state index contributed by atoms with van der Waals surface area (Å²) in [6.45, 7) is 3.89. The highest BCUT2D eigenvalue weighted by molar-refractivity contribution is 9.10. The predicted molar refractivity (Wildman–Crippen MR) is 78.6 cm³/mol. The Morgan fingerprint density at radius 2 is 1.79 bits per heavy atom. The van der Waals surface area contributed by atoms with E-state index in [-0.39, 0.29) is 25.6 Å². The van der Waals surface area contributed by atoms with Crippen LogP contribution in [0.2, 0.25) is 0 Å². The molecule has 0 aliphatic carbocycles. The van der Waals surface area contributed by atoms with Crippen molar-refractivity contribution >= 4 is 43.8 Å². The molecule has 2 atom stereocenters. The van der Waals surface area contributed by atoms with Crippen molar-refractivity contribution in [2.75, 3.05) is 19.8 Å². The number of esters is 2. The quantitative estimate of drug-likeness (QED) is 0.471. The van der Waals surface area contributed by atoms with E-state index in [2.05, 4.69) is 31.9 Å². The molecule has 5 nitrogen and oxygen atoms in total. The number of aliphatic hydroxyl groups is 1.